The number of nitrogens with zero attached hydrogens (tertiary/aromatic N) is 4. The number of fused-ring (bicyclic) bond motifs is 1. The maximum absolute atomic E-state index is 13.8. The van der Waals surface area contributed by atoms with E-state index in [9.17, 15) is 4.39 Å². The minimum Gasteiger partial charge on any atom is -0.382 e. The van der Waals surface area contributed by atoms with Gasteiger partial charge in [0.1, 0.15) is 11.6 Å². The summed E-state index contributed by atoms with van der Waals surface area (Å²) in [6.07, 6.45) is 0. The van der Waals surface area contributed by atoms with Gasteiger partial charge in [0.2, 0.25) is 5.82 Å². The Morgan fingerprint density at radius 3 is 2.09 bits per heavy atom. The lowest BCUT2D eigenvalue weighted by Gasteiger charge is -2.25. The monoisotopic (exact) mass is 483 g/mol. The number of rotatable bonds is 3. The predicted octanol–water partition coefficient (Wildman–Crippen LogP) is 5.53. The molecule has 2 aromatic heterocycles. The zero-order chi connectivity index (χ0) is 23.7. The number of hydrogen-bond acceptors (Lipinski definition) is 4. The first-order valence-corrected chi connectivity index (χ1v) is 10.9. The molecule has 174 valence electrons. The lowest BCUT2D eigenvalue weighted by atomic mass is 9.77. The highest BCUT2D eigenvalue weighted by Crippen LogP contribution is 2.31. The normalized spacial score (nSPS) is 10.9. The maximum atomic E-state index is 13.8. The third-order valence-electron chi connectivity index (χ3n) is 5.96. The average Bonchev–Trinajstić information content (AvgIpc) is 3.20. The van der Waals surface area contributed by atoms with E-state index in [0.29, 0.717) is 28.4 Å². The van der Waals surface area contributed by atoms with Crippen LogP contribution in [0.3, 0.4) is 0 Å². The van der Waals surface area contributed by atoms with Gasteiger partial charge in [-0.05, 0) is 36.1 Å². The van der Waals surface area contributed by atoms with Crippen molar-refractivity contribution in [2.75, 3.05) is 5.73 Å². The Morgan fingerprint density at radius 1 is 0.857 bits per heavy atom. The van der Waals surface area contributed by atoms with Crippen LogP contribution in [-0.4, -0.2) is 19.5 Å². The van der Waals surface area contributed by atoms with Crippen molar-refractivity contribution in [3.8, 4) is 23.2 Å². The molecule has 0 radical (unpaired) electrons. The Labute approximate surface area is 209 Å². The van der Waals surface area contributed by atoms with Crippen LogP contribution >= 0.6 is 12.4 Å². The van der Waals surface area contributed by atoms with E-state index >= 15 is 0 Å². The average molecular weight is 484 g/mol. The van der Waals surface area contributed by atoms with Crippen LogP contribution in [0.4, 0.5) is 10.2 Å². The molecule has 0 unspecified atom stereocenters. The number of hydrogen-bond donors (Lipinski definition) is 1. The van der Waals surface area contributed by atoms with Gasteiger partial charge < -0.3 is 10.3 Å². The number of benzene rings is 3. The van der Waals surface area contributed by atoms with Gasteiger partial charge in [0, 0.05) is 12.6 Å². The summed E-state index contributed by atoms with van der Waals surface area (Å²) < 4.78 is 15.5. The summed E-state index contributed by atoms with van der Waals surface area (Å²) in [6.45, 7) is 2.08. The van der Waals surface area contributed by atoms with Crippen molar-refractivity contribution in [2.24, 2.45) is 7.05 Å². The van der Waals surface area contributed by atoms with E-state index in [1.807, 2.05) is 43.4 Å². The molecule has 5 aromatic rings. The van der Waals surface area contributed by atoms with Crippen LogP contribution in [0.15, 0.2) is 84.9 Å². The predicted molar refractivity (Wildman–Crippen MR) is 140 cm³/mol. The van der Waals surface area contributed by atoms with Gasteiger partial charge in [-0.3, -0.25) is 0 Å². The van der Waals surface area contributed by atoms with Gasteiger partial charge in [-0.25, -0.2) is 19.3 Å². The molecule has 0 aliphatic heterocycles. The summed E-state index contributed by atoms with van der Waals surface area (Å²) in [7, 11) is 1.82. The summed E-state index contributed by atoms with van der Waals surface area (Å²) in [5.74, 6) is 7.29. The van der Waals surface area contributed by atoms with E-state index in [-0.39, 0.29) is 24.0 Å². The van der Waals surface area contributed by atoms with Crippen LogP contribution in [0.5, 0.6) is 0 Å². The molecule has 0 fully saturated rings. The third kappa shape index (κ3) is 4.46. The Kier molecular flexibility index (Phi) is 6.54. The van der Waals surface area contributed by atoms with Crippen LogP contribution in [-0.2, 0) is 12.5 Å². The van der Waals surface area contributed by atoms with Crippen LogP contribution < -0.4 is 5.73 Å². The molecule has 7 heteroatoms. The molecule has 2 heterocycles. The lowest BCUT2D eigenvalue weighted by Crippen LogP contribution is -2.21. The molecule has 5 nitrogen and oxygen atoms in total. The van der Waals surface area contributed by atoms with E-state index < -0.39 is 5.41 Å². The van der Waals surface area contributed by atoms with E-state index in [1.165, 1.54) is 12.1 Å². The number of aromatic nitrogens is 4. The van der Waals surface area contributed by atoms with Gasteiger partial charge in [-0.2, -0.15) is 0 Å². The van der Waals surface area contributed by atoms with Gasteiger partial charge in [-0.1, -0.05) is 78.7 Å². The summed E-state index contributed by atoms with van der Waals surface area (Å²) in [4.78, 5) is 13.6. The van der Waals surface area contributed by atoms with Gasteiger partial charge in [0.15, 0.2) is 17.0 Å². The van der Waals surface area contributed by atoms with Crippen LogP contribution in [0.2, 0.25) is 0 Å². The van der Waals surface area contributed by atoms with Crippen LogP contribution in [0.25, 0.3) is 22.6 Å². The number of nitrogen functional groups attached to an aromatic ring is 1. The first-order valence-electron chi connectivity index (χ1n) is 10.9. The lowest BCUT2D eigenvalue weighted by molar-refractivity contribution is 0.628. The second-order valence-electron chi connectivity index (χ2n) is 8.22. The Bertz CT molecular complexity index is 1510. The molecule has 0 aliphatic rings. The fourth-order valence-electron chi connectivity index (χ4n) is 4.06. The van der Waals surface area contributed by atoms with Gasteiger partial charge >= 0.3 is 0 Å². The molecule has 3 aromatic carbocycles. The minimum atomic E-state index is -0.575. The molecular weight excluding hydrogens is 461 g/mol. The van der Waals surface area contributed by atoms with Gasteiger partial charge in [-0.15, -0.1) is 12.4 Å². The van der Waals surface area contributed by atoms with Crippen molar-refractivity contribution < 1.29 is 4.39 Å². The fourth-order valence-corrected chi connectivity index (χ4v) is 4.06. The summed E-state index contributed by atoms with van der Waals surface area (Å²) in [5.41, 5.74) is 9.43. The Balaban J connectivity index is 0.00000289. The first kappa shape index (κ1) is 23.9. The molecule has 2 N–H and O–H groups in total. The fraction of sp³-hybridized carbons (Fsp3) is 0.107. The van der Waals surface area contributed by atoms with Crippen molar-refractivity contribution in [3.05, 3.63) is 108 Å². The SMILES string of the molecule is Cl.Cn1c(-c2cccc(F)c2)nc2c(N)nc(C#CC(C)(c3ccccc3)c3ccccc3)nc21. The van der Waals surface area contributed by atoms with Crippen molar-refractivity contribution in [3.63, 3.8) is 0 Å². The largest absolute Gasteiger partial charge is 0.382 e. The zero-order valence-corrected chi connectivity index (χ0v) is 20.1. The van der Waals surface area contributed by atoms with Crippen molar-refractivity contribution in [1.29, 1.82) is 0 Å². The van der Waals surface area contributed by atoms with Gasteiger partial charge in [0.05, 0.1) is 5.41 Å². The number of halogens is 2. The number of aryl methyl sites for hydroxylation is 1. The topological polar surface area (TPSA) is 69.6 Å². The quantitative estimate of drug-likeness (QED) is 0.342. The molecule has 0 amide bonds. The molecule has 0 aliphatic carbocycles. The Hall–Kier alpha value is -4.21. The van der Waals surface area contributed by atoms with Crippen LogP contribution in [0.1, 0.15) is 23.9 Å². The molecule has 0 saturated heterocycles. The number of imidazole rings is 1. The molecule has 0 saturated carbocycles. The second-order valence-corrected chi connectivity index (χ2v) is 8.22. The van der Waals surface area contributed by atoms with Crippen molar-refractivity contribution >= 4 is 29.4 Å². The zero-order valence-electron chi connectivity index (χ0n) is 19.2. The minimum absolute atomic E-state index is 0. The standard InChI is InChI=1S/C28H22FN5.ClH/c1-28(20-11-5-3-6-12-20,21-13-7-4-8-14-21)17-16-23-31-25(30)24-27(32-23)34(2)26(33-24)19-10-9-15-22(29)18-19;/h3-15,18H,1-2H3,(H2,30,31,32);1H. The van der Waals surface area contributed by atoms with Crippen LogP contribution in [0, 0.1) is 17.7 Å². The first-order chi connectivity index (χ1) is 16.5. The van der Waals surface area contributed by atoms with Crippen molar-refractivity contribution in [2.45, 2.75) is 12.3 Å². The molecule has 0 atom stereocenters. The van der Waals surface area contributed by atoms with Gasteiger partial charge in [0.25, 0.3) is 0 Å². The number of anilines is 1. The number of nitrogens with two attached hydrogens (primary N) is 1. The highest BCUT2D eigenvalue weighted by atomic mass is 35.5. The van der Waals surface area contributed by atoms with E-state index in [2.05, 4.69) is 58.0 Å². The molecular formula is C28H23ClFN5. The Morgan fingerprint density at radius 2 is 1.49 bits per heavy atom. The molecule has 0 spiro atoms. The third-order valence-corrected chi connectivity index (χ3v) is 5.96. The summed E-state index contributed by atoms with van der Waals surface area (Å²) in [6, 6.07) is 26.5. The van der Waals surface area contributed by atoms with E-state index in [0.717, 1.165) is 11.1 Å². The van der Waals surface area contributed by atoms with E-state index in [4.69, 9.17) is 5.73 Å². The van der Waals surface area contributed by atoms with E-state index in [1.54, 1.807) is 16.7 Å². The smallest absolute Gasteiger partial charge is 0.209 e. The second kappa shape index (κ2) is 9.57. The highest BCUT2D eigenvalue weighted by molar-refractivity contribution is 5.86. The summed E-state index contributed by atoms with van der Waals surface area (Å²) in [5, 5.41) is 0. The molecule has 5 rings (SSSR count). The maximum Gasteiger partial charge on any atom is 0.209 e. The highest BCUT2D eigenvalue weighted by Gasteiger charge is 2.26. The molecule has 35 heavy (non-hydrogen) atoms. The molecule has 0 bridgehead atoms. The summed E-state index contributed by atoms with van der Waals surface area (Å²) >= 11 is 0. The van der Waals surface area contributed by atoms with Crippen molar-refractivity contribution in [1.82, 2.24) is 19.5 Å².